The maximum Gasteiger partial charge on any atom is 0.416 e. The number of nitrogens with one attached hydrogen (secondary N) is 1. The molecule has 2 aromatic rings. The number of aryl methyl sites for hydroxylation is 1. The minimum absolute atomic E-state index is 0.186. The van der Waals surface area contributed by atoms with E-state index in [4.69, 9.17) is 0 Å². The Labute approximate surface area is 157 Å². The number of piperidine rings is 1. The number of anilines is 1. The highest BCUT2D eigenvalue weighted by Gasteiger charge is 2.31. The molecule has 0 aliphatic carbocycles. The molecule has 0 saturated carbocycles. The van der Waals surface area contributed by atoms with Crippen LogP contribution in [0.2, 0.25) is 0 Å². The molecule has 3 rings (SSSR count). The van der Waals surface area contributed by atoms with E-state index in [0.29, 0.717) is 6.54 Å². The topological polar surface area (TPSA) is 32.3 Å². The quantitative estimate of drug-likeness (QED) is 0.826. The van der Waals surface area contributed by atoms with Crippen LogP contribution in [0.4, 0.5) is 18.9 Å². The van der Waals surface area contributed by atoms with Gasteiger partial charge in [-0.3, -0.25) is 9.69 Å². The Balaban J connectivity index is 1.63. The Bertz CT molecular complexity index is 804. The molecule has 27 heavy (non-hydrogen) atoms. The molecule has 1 unspecified atom stereocenters. The Morgan fingerprint density at radius 1 is 1.19 bits per heavy atom. The van der Waals surface area contributed by atoms with Crippen molar-refractivity contribution in [2.75, 3.05) is 18.4 Å². The molecule has 1 heterocycles. The maximum atomic E-state index is 12.8. The van der Waals surface area contributed by atoms with Crippen molar-refractivity contribution in [3.63, 3.8) is 0 Å². The van der Waals surface area contributed by atoms with Crippen molar-refractivity contribution in [2.24, 2.45) is 5.92 Å². The smallest absolute Gasteiger partial charge is 0.326 e. The highest BCUT2D eigenvalue weighted by molar-refractivity contribution is 5.92. The summed E-state index contributed by atoms with van der Waals surface area (Å²) >= 11 is 0. The molecule has 0 spiro atoms. The molecular weight excluding hydrogens is 353 g/mol. The first-order chi connectivity index (χ1) is 12.8. The number of carbonyl (C=O) groups excluding carboxylic acids is 1. The molecule has 1 saturated heterocycles. The molecule has 0 bridgehead atoms. The third-order valence-corrected chi connectivity index (χ3v) is 4.99. The molecular formula is C21H23F3N2O. The summed E-state index contributed by atoms with van der Waals surface area (Å²) < 4.78 is 38.5. The second-order valence-electron chi connectivity index (χ2n) is 7.07. The minimum Gasteiger partial charge on any atom is -0.326 e. The average Bonchev–Trinajstić information content (AvgIpc) is 2.63. The first kappa shape index (κ1) is 19.4. The molecule has 2 aromatic carbocycles. The van der Waals surface area contributed by atoms with Crippen molar-refractivity contribution in [1.29, 1.82) is 0 Å². The second-order valence-corrected chi connectivity index (χ2v) is 7.07. The van der Waals surface area contributed by atoms with E-state index in [1.54, 1.807) is 0 Å². The molecule has 144 valence electrons. The summed E-state index contributed by atoms with van der Waals surface area (Å²) in [6.45, 7) is 4.37. The summed E-state index contributed by atoms with van der Waals surface area (Å²) in [6.07, 6.45) is -2.78. The number of rotatable bonds is 4. The molecule has 1 aliphatic rings. The number of alkyl halides is 3. The Hall–Kier alpha value is -2.34. The molecule has 0 aromatic heterocycles. The molecule has 1 N–H and O–H groups in total. The van der Waals surface area contributed by atoms with Crippen LogP contribution in [0.3, 0.4) is 0 Å². The van der Waals surface area contributed by atoms with E-state index in [1.807, 2.05) is 12.1 Å². The van der Waals surface area contributed by atoms with Crippen LogP contribution in [0.25, 0.3) is 0 Å². The lowest BCUT2D eigenvalue weighted by Crippen LogP contribution is -2.40. The van der Waals surface area contributed by atoms with E-state index >= 15 is 0 Å². The van der Waals surface area contributed by atoms with Crippen LogP contribution in [0, 0.1) is 12.8 Å². The molecule has 0 radical (unpaired) electrons. The van der Waals surface area contributed by atoms with Gasteiger partial charge in [-0.1, -0.05) is 30.3 Å². The molecule has 1 fully saturated rings. The number of benzene rings is 2. The fourth-order valence-corrected chi connectivity index (χ4v) is 3.46. The van der Waals surface area contributed by atoms with E-state index in [0.717, 1.165) is 38.1 Å². The SMILES string of the molecule is Cc1ccccc1CN1CCCC(C(=O)Nc2cccc(C(F)(F)F)c2)C1. The zero-order chi connectivity index (χ0) is 19.4. The summed E-state index contributed by atoms with van der Waals surface area (Å²) in [5.41, 5.74) is 1.88. The van der Waals surface area contributed by atoms with Gasteiger partial charge in [0.2, 0.25) is 5.91 Å². The van der Waals surface area contributed by atoms with Gasteiger partial charge in [0.1, 0.15) is 0 Å². The van der Waals surface area contributed by atoms with Gasteiger partial charge in [-0.2, -0.15) is 13.2 Å². The summed E-state index contributed by atoms with van der Waals surface area (Å²) in [4.78, 5) is 14.8. The molecule has 1 atom stereocenters. The van der Waals surface area contributed by atoms with E-state index < -0.39 is 11.7 Å². The van der Waals surface area contributed by atoms with Gasteiger partial charge >= 0.3 is 6.18 Å². The van der Waals surface area contributed by atoms with E-state index in [-0.39, 0.29) is 17.5 Å². The average molecular weight is 376 g/mol. The van der Waals surface area contributed by atoms with Gasteiger partial charge < -0.3 is 5.32 Å². The van der Waals surface area contributed by atoms with Gasteiger partial charge in [0.05, 0.1) is 11.5 Å². The van der Waals surface area contributed by atoms with Crippen LogP contribution in [-0.2, 0) is 17.5 Å². The maximum absolute atomic E-state index is 12.8. The van der Waals surface area contributed by atoms with Crippen LogP contribution in [0.1, 0.15) is 29.5 Å². The fourth-order valence-electron chi connectivity index (χ4n) is 3.46. The van der Waals surface area contributed by atoms with E-state index in [1.165, 1.54) is 23.3 Å². The van der Waals surface area contributed by atoms with Gasteiger partial charge in [-0.25, -0.2) is 0 Å². The van der Waals surface area contributed by atoms with Gasteiger partial charge in [-0.05, 0) is 55.6 Å². The highest BCUT2D eigenvalue weighted by Crippen LogP contribution is 2.31. The Kier molecular flexibility index (Phi) is 5.85. The largest absolute Gasteiger partial charge is 0.416 e. The van der Waals surface area contributed by atoms with Crippen LogP contribution < -0.4 is 5.32 Å². The van der Waals surface area contributed by atoms with Crippen molar-refractivity contribution >= 4 is 11.6 Å². The number of nitrogens with zero attached hydrogens (tertiary/aromatic N) is 1. The number of amides is 1. The van der Waals surface area contributed by atoms with Gasteiger partial charge in [0, 0.05) is 18.8 Å². The Morgan fingerprint density at radius 3 is 2.70 bits per heavy atom. The third-order valence-electron chi connectivity index (χ3n) is 4.99. The van der Waals surface area contributed by atoms with Crippen molar-refractivity contribution in [3.05, 3.63) is 65.2 Å². The zero-order valence-electron chi connectivity index (χ0n) is 15.2. The third kappa shape index (κ3) is 5.10. The van der Waals surface area contributed by atoms with Crippen molar-refractivity contribution in [2.45, 2.75) is 32.5 Å². The standard InChI is InChI=1S/C21H23F3N2O/c1-15-6-2-3-7-16(15)13-26-11-5-8-17(14-26)20(27)25-19-10-4-9-18(12-19)21(22,23)24/h2-4,6-7,9-10,12,17H,5,8,11,13-14H2,1H3,(H,25,27). The first-order valence-corrected chi connectivity index (χ1v) is 9.08. The summed E-state index contributed by atoms with van der Waals surface area (Å²) in [5, 5.41) is 2.65. The van der Waals surface area contributed by atoms with Crippen molar-refractivity contribution in [1.82, 2.24) is 4.90 Å². The minimum atomic E-state index is -4.42. The number of halogens is 3. The lowest BCUT2D eigenvalue weighted by molar-refractivity contribution is -0.137. The summed E-state index contributed by atoms with van der Waals surface area (Å²) in [5.74, 6) is -0.443. The number of hydrogen-bond acceptors (Lipinski definition) is 2. The van der Waals surface area contributed by atoms with Gasteiger partial charge in [0.15, 0.2) is 0 Å². The number of carbonyl (C=O) groups is 1. The predicted molar refractivity (Wildman–Crippen MR) is 99.3 cm³/mol. The van der Waals surface area contributed by atoms with Gasteiger partial charge in [-0.15, -0.1) is 0 Å². The van der Waals surface area contributed by atoms with Crippen LogP contribution in [0.5, 0.6) is 0 Å². The molecule has 1 aliphatic heterocycles. The summed E-state index contributed by atoms with van der Waals surface area (Å²) in [6, 6.07) is 12.9. The highest BCUT2D eigenvalue weighted by atomic mass is 19.4. The van der Waals surface area contributed by atoms with E-state index in [9.17, 15) is 18.0 Å². The monoisotopic (exact) mass is 376 g/mol. The van der Waals surface area contributed by atoms with Crippen molar-refractivity contribution in [3.8, 4) is 0 Å². The first-order valence-electron chi connectivity index (χ1n) is 9.08. The second kappa shape index (κ2) is 8.13. The molecule has 6 heteroatoms. The van der Waals surface area contributed by atoms with Crippen LogP contribution in [0.15, 0.2) is 48.5 Å². The van der Waals surface area contributed by atoms with Gasteiger partial charge in [0.25, 0.3) is 0 Å². The predicted octanol–water partition coefficient (Wildman–Crippen LogP) is 4.86. The summed E-state index contributed by atoms with van der Waals surface area (Å²) in [7, 11) is 0. The lowest BCUT2D eigenvalue weighted by atomic mass is 9.96. The fraction of sp³-hybridized carbons (Fsp3) is 0.381. The normalized spacial score (nSPS) is 18.3. The zero-order valence-corrected chi connectivity index (χ0v) is 15.2. The number of hydrogen-bond donors (Lipinski definition) is 1. The number of likely N-dealkylation sites (tertiary alicyclic amines) is 1. The van der Waals surface area contributed by atoms with Crippen LogP contribution in [-0.4, -0.2) is 23.9 Å². The molecule has 3 nitrogen and oxygen atoms in total. The Morgan fingerprint density at radius 2 is 1.96 bits per heavy atom. The molecule has 1 amide bonds. The van der Waals surface area contributed by atoms with Crippen LogP contribution >= 0.6 is 0 Å². The van der Waals surface area contributed by atoms with E-state index in [2.05, 4.69) is 29.3 Å². The lowest BCUT2D eigenvalue weighted by Gasteiger charge is -2.32. The van der Waals surface area contributed by atoms with Crippen molar-refractivity contribution < 1.29 is 18.0 Å².